The molecular weight excluding hydrogens is 360 g/mol. The molecule has 0 aliphatic carbocycles. The maximum absolute atomic E-state index is 6.59. The summed E-state index contributed by atoms with van der Waals surface area (Å²) in [5, 5.41) is 0. The Labute approximate surface area is 146 Å². The fourth-order valence-electron chi connectivity index (χ4n) is 2.69. The molecule has 1 aliphatic rings. The van der Waals surface area contributed by atoms with Gasteiger partial charge in [-0.15, -0.1) is 0 Å². The van der Waals surface area contributed by atoms with Crippen molar-refractivity contribution in [2.75, 3.05) is 19.8 Å². The first-order valence-corrected chi connectivity index (χ1v) is 20.7. The third-order valence-corrected chi connectivity index (χ3v) is 16.3. The van der Waals surface area contributed by atoms with Gasteiger partial charge in [0.1, 0.15) is 6.10 Å². The number of epoxide rings is 1. The van der Waals surface area contributed by atoms with Gasteiger partial charge in [-0.2, -0.15) is 0 Å². The third-order valence-electron chi connectivity index (χ3n) is 2.94. The van der Waals surface area contributed by atoms with Crippen LogP contribution in [0.4, 0.5) is 0 Å². The summed E-state index contributed by atoms with van der Waals surface area (Å²) in [4.78, 5) is 0. The Kier molecular flexibility index (Phi) is 7.47. The topological polar surface area (TPSA) is 49.5 Å². The molecule has 1 rings (SSSR count). The lowest BCUT2D eigenvalue weighted by atomic mass is 10.5. The van der Waals surface area contributed by atoms with Gasteiger partial charge in [0.15, 0.2) is 16.6 Å². The van der Waals surface area contributed by atoms with Gasteiger partial charge in [-0.05, 0) is 58.9 Å². The van der Waals surface area contributed by atoms with Crippen molar-refractivity contribution in [1.29, 1.82) is 0 Å². The zero-order chi connectivity index (χ0) is 17.9. The molecule has 138 valence electrons. The van der Waals surface area contributed by atoms with Crippen molar-refractivity contribution in [3.05, 3.63) is 0 Å². The van der Waals surface area contributed by atoms with Crippen LogP contribution < -0.4 is 0 Å². The standard InChI is InChI=1S/C14H36O5Si4/c1-20(2,3)17-22(7,8)19-23(9,18-21(4,5)6)11-10-15-12-14-13-16-14/h14H,10-13H2,1-9H3. The maximum atomic E-state index is 6.59. The van der Waals surface area contributed by atoms with Crippen molar-refractivity contribution >= 4 is 33.8 Å². The van der Waals surface area contributed by atoms with Crippen molar-refractivity contribution in [2.45, 2.75) is 71.1 Å². The van der Waals surface area contributed by atoms with Crippen LogP contribution in [0, 0.1) is 0 Å². The average Bonchev–Trinajstić information content (AvgIpc) is 3.00. The van der Waals surface area contributed by atoms with E-state index in [1.54, 1.807) is 0 Å². The van der Waals surface area contributed by atoms with Gasteiger partial charge < -0.3 is 21.8 Å². The smallest absolute Gasteiger partial charge is 0.318 e. The second-order valence-electron chi connectivity index (χ2n) is 8.84. The van der Waals surface area contributed by atoms with Gasteiger partial charge in [0.05, 0.1) is 13.2 Å². The van der Waals surface area contributed by atoms with Gasteiger partial charge in [0.2, 0.25) is 0 Å². The lowest BCUT2D eigenvalue weighted by Crippen LogP contribution is -2.57. The Balaban J connectivity index is 2.64. The molecule has 0 bridgehead atoms. The average molecular weight is 397 g/mol. The van der Waals surface area contributed by atoms with Gasteiger partial charge in [0.25, 0.3) is 0 Å². The zero-order valence-electron chi connectivity index (χ0n) is 16.4. The maximum Gasteiger partial charge on any atom is 0.318 e. The Morgan fingerprint density at radius 2 is 1.35 bits per heavy atom. The molecule has 23 heavy (non-hydrogen) atoms. The Hall–Kier alpha value is 0.668. The van der Waals surface area contributed by atoms with E-state index in [9.17, 15) is 0 Å². The van der Waals surface area contributed by atoms with Crippen LogP contribution in [-0.4, -0.2) is 59.7 Å². The number of hydrogen-bond donors (Lipinski definition) is 0. The number of rotatable bonds is 11. The predicted octanol–water partition coefficient (Wildman–Crippen LogP) is 3.90. The second kappa shape index (κ2) is 7.92. The molecule has 0 amide bonds. The molecular formula is C14H36O5Si4. The molecule has 0 radical (unpaired) electrons. The van der Waals surface area contributed by atoms with Crippen LogP contribution in [0.25, 0.3) is 0 Å². The molecule has 0 aromatic rings. The highest BCUT2D eigenvalue weighted by atomic mass is 28.5. The van der Waals surface area contributed by atoms with Crippen LogP contribution in [0.2, 0.25) is 65.0 Å². The van der Waals surface area contributed by atoms with Gasteiger partial charge >= 0.3 is 17.1 Å². The first kappa shape index (κ1) is 21.7. The van der Waals surface area contributed by atoms with Crippen molar-refractivity contribution < 1.29 is 21.8 Å². The van der Waals surface area contributed by atoms with Crippen LogP contribution in [0.1, 0.15) is 0 Å². The SMILES string of the molecule is C[Si](C)(C)O[Si](C)(C)O[Si](C)(CCOCC1CO1)O[Si](C)(C)C. The van der Waals surface area contributed by atoms with E-state index in [0.29, 0.717) is 19.3 Å². The molecule has 2 unspecified atom stereocenters. The van der Waals surface area contributed by atoms with Crippen molar-refractivity contribution in [3.8, 4) is 0 Å². The molecule has 0 N–H and O–H groups in total. The van der Waals surface area contributed by atoms with E-state index < -0.39 is 33.8 Å². The molecule has 1 aliphatic heterocycles. The number of ether oxygens (including phenoxy) is 2. The van der Waals surface area contributed by atoms with Crippen LogP contribution in [-0.2, 0) is 21.8 Å². The van der Waals surface area contributed by atoms with Gasteiger partial charge in [-0.3, -0.25) is 0 Å². The molecule has 0 saturated carbocycles. The molecule has 1 fully saturated rings. The minimum Gasteiger partial charge on any atom is -0.437 e. The first-order valence-electron chi connectivity index (χ1n) is 8.50. The summed E-state index contributed by atoms with van der Waals surface area (Å²) in [7, 11) is -7.84. The molecule has 1 saturated heterocycles. The normalized spacial score (nSPS) is 22.0. The molecule has 1 heterocycles. The molecule has 0 spiro atoms. The fraction of sp³-hybridized carbons (Fsp3) is 1.00. The van der Waals surface area contributed by atoms with Gasteiger partial charge in [-0.25, -0.2) is 0 Å². The van der Waals surface area contributed by atoms with E-state index in [1.165, 1.54) is 0 Å². The predicted molar refractivity (Wildman–Crippen MR) is 104 cm³/mol. The van der Waals surface area contributed by atoms with Crippen LogP contribution >= 0.6 is 0 Å². The van der Waals surface area contributed by atoms with E-state index >= 15 is 0 Å². The summed E-state index contributed by atoms with van der Waals surface area (Å²) in [6.45, 7) is 21.9. The minimum atomic E-state index is -2.32. The summed E-state index contributed by atoms with van der Waals surface area (Å²) < 4.78 is 30.4. The lowest BCUT2D eigenvalue weighted by molar-refractivity contribution is 0.123. The summed E-state index contributed by atoms with van der Waals surface area (Å²) in [6.07, 6.45) is 0.308. The van der Waals surface area contributed by atoms with E-state index in [2.05, 4.69) is 58.9 Å². The van der Waals surface area contributed by atoms with Crippen LogP contribution in [0.3, 0.4) is 0 Å². The second-order valence-corrected chi connectivity index (χ2v) is 25.3. The summed E-state index contributed by atoms with van der Waals surface area (Å²) in [6, 6.07) is 0.843. The summed E-state index contributed by atoms with van der Waals surface area (Å²) in [5.41, 5.74) is 0. The largest absolute Gasteiger partial charge is 0.437 e. The van der Waals surface area contributed by atoms with E-state index in [-0.39, 0.29) is 0 Å². The Morgan fingerprint density at radius 1 is 0.826 bits per heavy atom. The minimum absolute atomic E-state index is 0.308. The third kappa shape index (κ3) is 11.0. The fourth-order valence-corrected chi connectivity index (χ4v) is 20.3. The van der Waals surface area contributed by atoms with Crippen molar-refractivity contribution in [3.63, 3.8) is 0 Å². The lowest BCUT2D eigenvalue weighted by Gasteiger charge is -2.41. The van der Waals surface area contributed by atoms with Crippen molar-refractivity contribution in [1.82, 2.24) is 0 Å². The monoisotopic (exact) mass is 396 g/mol. The Bertz CT molecular complexity index is 376. The van der Waals surface area contributed by atoms with Crippen LogP contribution in [0.5, 0.6) is 0 Å². The molecule has 2 atom stereocenters. The van der Waals surface area contributed by atoms with E-state index in [0.717, 1.165) is 12.7 Å². The molecule has 0 aromatic carbocycles. The Morgan fingerprint density at radius 3 is 1.78 bits per heavy atom. The molecule has 5 nitrogen and oxygen atoms in total. The summed E-state index contributed by atoms with van der Waals surface area (Å²) in [5.74, 6) is 0. The van der Waals surface area contributed by atoms with Gasteiger partial charge in [0, 0.05) is 12.7 Å². The molecule has 9 heteroatoms. The zero-order valence-corrected chi connectivity index (χ0v) is 20.4. The highest BCUT2D eigenvalue weighted by molar-refractivity contribution is 6.89. The van der Waals surface area contributed by atoms with Crippen molar-refractivity contribution in [2.24, 2.45) is 0 Å². The van der Waals surface area contributed by atoms with E-state index in [1.807, 2.05) is 0 Å². The number of hydrogen-bond acceptors (Lipinski definition) is 5. The summed E-state index contributed by atoms with van der Waals surface area (Å²) >= 11 is 0. The van der Waals surface area contributed by atoms with E-state index in [4.69, 9.17) is 21.8 Å². The quantitative estimate of drug-likeness (QED) is 0.301. The highest BCUT2D eigenvalue weighted by Gasteiger charge is 2.44. The van der Waals surface area contributed by atoms with Crippen LogP contribution in [0.15, 0.2) is 0 Å². The van der Waals surface area contributed by atoms with Gasteiger partial charge in [-0.1, -0.05) is 0 Å². The molecule has 0 aromatic heterocycles. The first-order chi connectivity index (χ1) is 10.2. The highest BCUT2D eigenvalue weighted by Crippen LogP contribution is 2.26.